The Morgan fingerprint density at radius 1 is 0.840 bits per heavy atom. The van der Waals surface area contributed by atoms with Crippen molar-refractivity contribution >= 4 is 11.4 Å². The Balaban J connectivity index is 2.06. The van der Waals surface area contributed by atoms with E-state index < -0.39 is 0 Å². The Labute approximate surface area is 153 Å². The van der Waals surface area contributed by atoms with E-state index in [2.05, 4.69) is 95.5 Å². The SMILES string of the molecule is Cc1ccc(N2CN(c3c(C)cc(C)cc3C)C(C)C2(C)C)c(C)c1. The first-order chi connectivity index (χ1) is 11.6. The third-order valence-electron chi connectivity index (χ3n) is 6.05. The zero-order chi connectivity index (χ0) is 18.5. The molecule has 1 aliphatic rings. The van der Waals surface area contributed by atoms with Crippen LogP contribution >= 0.6 is 0 Å². The smallest absolute Gasteiger partial charge is 0.0913 e. The third-order valence-corrected chi connectivity index (χ3v) is 6.05. The van der Waals surface area contributed by atoms with Crippen LogP contribution in [0, 0.1) is 34.6 Å². The summed E-state index contributed by atoms with van der Waals surface area (Å²) in [6, 6.07) is 11.9. The van der Waals surface area contributed by atoms with Gasteiger partial charge in [0.15, 0.2) is 0 Å². The molecule has 2 nitrogen and oxygen atoms in total. The van der Waals surface area contributed by atoms with E-state index in [-0.39, 0.29) is 5.54 Å². The van der Waals surface area contributed by atoms with Gasteiger partial charge in [-0.05, 0) is 78.1 Å². The summed E-state index contributed by atoms with van der Waals surface area (Å²) in [6.45, 7) is 19.1. The van der Waals surface area contributed by atoms with Gasteiger partial charge in [0.2, 0.25) is 0 Å². The van der Waals surface area contributed by atoms with Gasteiger partial charge in [-0.2, -0.15) is 0 Å². The van der Waals surface area contributed by atoms with Gasteiger partial charge >= 0.3 is 0 Å². The summed E-state index contributed by atoms with van der Waals surface area (Å²) in [5.74, 6) is 0. The second kappa shape index (κ2) is 6.09. The highest BCUT2D eigenvalue weighted by atomic mass is 15.4. The van der Waals surface area contributed by atoms with Crippen LogP contribution in [0.4, 0.5) is 11.4 Å². The number of hydrogen-bond donors (Lipinski definition) is 0. The predicted molar refractivity (Wildman–Crippen MR) is 110 cm³/mol. The first kappa shape index (κ1) is 17.8. The van der Waals surface area contributed by atoms with Crippen LogP contribution in [0.3, 0.4) is 0 Å². The van der Waals surface area contributed by atoms with Crippen molar-refractivity contribution in [3.8, 4) is 0 Å². The van der Waals surface area contributed by atoms with Crippen molar-refractivity contribution in [2.45, 2.75) is 67.0 Å². The minimum atomic E-state index is 0.0732. The topological polar surface area (TPSA) is 6.48 Å². The average Bonchev–Trinajstić information content (AvgIpc) is 2.70. The molecule has 0 saturated carbocycles. The zero-order valence-corrected chi connectivity index (χ0v) is 17.1. The summed E-state index contributed by atoms with van der Waals surface area (Å²) >= 11 is 0. The maximum Gasteiger partial charge on any atom is 0.0913 e. The van der Waals surface area contributed by atoms with E-state index in [1.54, 1.807) is 0 Å². The molecule has 25 heavy (non-hydrogen) atoms. The molecule has 0 radical (unpaired) electrons. The van der Waals surface area contributed by atoms with E-state index in [1.807, 2.05) is 0 Å². The zero-order valence-electron chi connectivity index (χ0n) is 17.1. The van der Waals surface area contributed by atoms with Gasteiger partial charge in [-0.15, -0.1) is 0 Å². The van der Waals surface area contributed by atoms with Crippen LogP contribution in [0.1, 0.15) is 48.6 Å². The second-order valence-electron chi connectivity index (χ2n) is 8.41. The molecular weight excluding hydrogens is 304 g/mol. The quantitative estimate of drug-likeness (QED) is 0.696. The molecule has 0 N–H and O–H groups in total. The first-order valence-electron chi connectivity index (χ1n) is 9.32. The molecule has 1 aliphatic heterocycles. The van der Waals surface area contributed by atoms with Crippen molar-refractivity contribution in [3.05, 3.63) is 58.1 Å². The van der Waals surface area contributed by atoms with Crippen LogP contribution in [0.25, 0.3) is 0 Å². The average molecular weight is 337 g/mol. The maximum absolute atomic E-state index is 2.59. The third kappa shape index (κ3) is 2.92. The lowest BCUT2D eigenvalue weighted by Gasteiger charge is -2.36. The van der Waals surface area contributed by atoms with E-state index >= 15 is 0 Å². The maximum atomic E-state index is 2.59. The van der Waals surface area contributed by atoms with Crippen molar-refractivity contribution < 1.29 is 0 Å². The summed E-state index contributed by atoms with van der Waals surface area (Å²) in [7, 11) is 0. The number of nitrogens with zero attached hydrogens (tertiary/aromatic N) is 2. The highest BCUT2D eigenvalue weighted by Gasteiger charge is 2.44. The van der Waals surface area contributed by atoms with Gasteiger partial charge in [-0.3, -0.25) is 0 Å². The Kier molecular flexibility index (Phi) is 4.35. The fraction of sp³-hybridized carbons (Fsp3) is 0.478. The van der Waals surface area contributed by atoms with Crippen molar-refractivity contribution in [2.24, 2.45) is 0 Å². The fourth-order valence-electron chi connectivity index (χ4n) is 4.45. The van der Waals surface area contributed by atoms with Crippen LogP contribution in [-0.2, 0) is 0 Å². The van der Waals surface area contributed by atoms with Gasteiger partial charge in [-0.1, -0.05) is 35.4 Å². The molecule has 2 aromatic carbocycles. The lowest BCUT2D eigenvalue weighted by molar-refractivity contribution is 0.466. The fourth-order valence-corrected chi connectivity index (χ4v) is 4.45. The van der Waals surface area contributed by atoms with Gasteiger partial charge in [0.25, 0.3) is 0 Å². The predicted octanol–water partition coefficient (Wildman–Crippen LogP) is 5.68. The van der Waals surface area contributed by atoms with Crippen LogP contribution in [-0.4, -0.2) is 18.2 Å². The van der Waals surface area contributed by atoms with Crippen molar-refractivity contribution in [1.29, 1.82) is 0 Å². The van der Waals surface area contributed by atoms with E-state index in [1.165, 1.54) is 39.2 Å². The Bertz CT molecular complexity index is 781. The highest BCUT2D eigenvalue weighted by molar-refractivity contribution is 5.67. The molecule has 1 atom stereocenters. The van der Waals surface area contributed by atoms with E-state index in [0.29, 0.717) is 6.04 Å². The Morgan fingerprint density at radius 2 is 1.40 bits per heavy atom. The molecular formula is C23H32N2. The van der Waals surface area contributed by atoms with Crippen LogP contribution in [0.2, 0.25) is 0 Å². The van der Waals surface area contributed by atoms with E-state index in [9.17, 15) is 0 Å². The molecule has 0 spiro atoms. The molecule has 0 bridgehead atoms. The summed E-state index contributed by atoms with van der Waals surface area (Å²) in [5.41, 5.74) is 9.61. The largest absolute Gasteiger partial charge is 0.348 e. The Hall–Kier alpha value is -1.96. The normalized spacial score (nSPS) is 19.6. The lowest BCUT2D eigenvalue weighted by atomic mass is 9.93. The molecule has 3 rings (SSSR count). The minimum Gasteiger partial charge on any atom is -0.348 e. The van der Waals surface area contributed by atoms with Gasteiger partial charge in [0.05, 0.1) is 18.2 Å². The summed E-state index contributed by atoms with van der Waals surface area (Å²) in [5, 5.41) is 0. The van der Waals surface area contributed by atoms with Gasteiger partial charge in [0.1, 0.15) is 0 Å². The van der Waals surface area contributed by atoms with Gasteiger partial charge in [0, 0.05) is 11.4 Å². The van der Waals surface area contributed by atoms with Crippen LogP contribution < -0.4 is 9.80 Å². The highest BCUT2D eigenvalue weighted by Crippen LogP contribution is 2.41. The molecule has 0 amide bonds. The standard InChI is InChI=1S/C23H32N2/c1-15-9-10-21(17(3)11-15)25-14-24(20(6)23(25,7)8)22-18(4)12-16(2)13-19(22)5/h9-13,20H,14H2,1-8H3. The second-order valence-corrected chi connectivity index (χ2v) is 8.41. The van der Waals surface area contributed by atoms with E-state index in [0.717, 1.165) is 6.67 Å². The molecule has 1 unspecified atom stereocenters. The lowest BCUT2D eigenvalue weighted by Crippen LogP contribution is -2.45. The number of aryl methyl sites for hydroxylation is 5. The summed E-state index contributed by atoms with van der Waals surface area (Å²) in [4.78, 5) is 5.16. The molecule has 0 aliphatic carbocycles. The van der Waals surface area contributed by atoms with E-state index in [4.69, 9.17) is 0 Å². The van der Waals surface area contributed by atoms with Gasteiger partial charge < -0.3 is 9.80 Å². The number of benzene rings is 2. The Morgan fingerprint density at radius 3 is 1.96 bits per heavy atom. The molecule has 2 heteroatoms. The van der Waals surface area contributed by atoms with Crippen LogP contribution in [0.15, 0.2) is 30.3 Å². The molecule has 2 aromatic rings. The minimum absolute atomic E-state index is 0.0732. The molecule has 1 saturated heterocycles. The molecule has 134 valence electrons. The summed E-state index contributed by atoms with van der Waals surface area (Å²) in [6.07, 6.45) is 0. The number of anilines is 2. The van der Waals surface area contributed by atoms with Crippen molar-refractivity contribution in [2.75, 3.05) is 16.5 Å². The van der Waals surface area contributed by atoms with Crippen molar-refractivity contribution in [1.82, 2.24) is 0 Å². The molecule has 1 fully saturated rings. The van der Waals surface area contributed by atoms with Crippen LogP contribution in [0.5, 0.6) is 0 Å². The monoisotopic (exact) mass is 336 g/mol. The number of rotatable bonds is 2. The summed E-state index contributed by atoms with van der Waals surface area (Å²) < 4.78 is 0. The van der Waals surface area contributed by atoms with Crippen molar-refractivity contribution in [3.63, 3.8) is 0 Å². The first-order valence-corrected chi connectivity index (χ1v) is 9.32. The van der Waals surface area contributed by atoms with Gasteiger partial charge in [-0.25, -0.2) is 0 Å². The molecule has 0 aromatic heterocycles. The number of hydrogen-bond acceptors (Lipinski definition) is 2. The molecule has 1 heterocycles.